The smallest absolute Gasteiger partial charge is 0.160 e. The van der Waals surface area contributed by atoms with Gasteiger partial charge in [0, 0.05) is 18.3 Å². The topological polar surface area (TPSA) is 43.6 Å². The van der Waals surface area contributed by atoms with Crippen molar-refractivity contribution < 1.29 is 0 Å². The Balaban J connectivity index is 1.73. The van der Waals surface area contributed by atoms with E-state index in [1.165, 1.54) is 21.6 Å². The van der Waals surface area contributed by atoms with Crippen molar-refractivity contribution >= 4 is 22.5 Å². The molecule has 0 saturated carbocycles. The SMILES string of the molecule is CCc1nc2c(C)cc(C)nc2n1Cc1ccc(-c2cncs2)cc1. The number of nitrogens with zero attached hydrogens (tertiary/aromatic N) is 4. The fourth-order valence-corrected chi connectivity index (χ4v) is 3.83. The van der Waals surface area contributed by atoms with Crippen LogP contribution in [0.1, 0.15) is 29.6 Å². The van der Waals surface area contributed by atoms with E-state index in [1.54, 1.807) is 11.3 Å². The fourth-order valence-electron chi connectivity index (χ4n) is 3.20. The molecule has 0 bridgehead atoms. The fraction of sp³-hybridized carbons (Fsp3) is 0.250. The number of benzene rings is 1. The predicted octanol–water partition coefficient (Wildman–Crippen LogP) is 4.78. The Morgan fingerprint density at radius 3 is 2.56 bits per heavy atom. The first-order chi connectivity index (χ1) is 12.2. The highest BCUT2D eigenvalue weighted by molar-refractivity contribution is 7.13. The lowest BCUT2D eigenvalue weighted by Gasteiger charge is -2.09. The number of hydrogen-bond donors (Lipinski definition) is 0. The maximum Gasteiger partial charge on any atom is 0.160 e. The number of aromatic nitrogens is 4. The molecule has 25 heavy (non-hydrogen) atoms. The van der Waals surface area contributed by atoms with E-state index >= 15 is 0 Å². The molecule has 0 unspecified atom stereocenters. The lowest BCUT2D eigenvalue weighted by Crippen LogP contribution is -2.05. The summed E-state index contributed by atoms with van der Waals surface area (Å²) in [6.45, 7) is 7.09. The third-order valence-electron chi connectivity index (χ3n) is 4.43. The first-order valence-corrected chi connectivity index (χ1v) is 9.35. The lowest BCUT2D eigenvalue weighted by atomic mass is 10.1. The summed E-state index contributed by atoms with van der Waals surface area (Å²) in [6, 6.07) is 10.8. The predicted molar refractivity (Wildman–Crippen MR) is 103 cm³/mol. The standard InChI is InChI=1S/C20H20N4S/c1-4-18-23-19-13(2)9-14(3)22-20(19)24(18)11-15-5-7-16(8-6-15)17-10-21-12-25-17/h5-10,12H,4,11H2,1-3H3. The number of pyridine rings is 1. The Morgan fingerprint density at radius 2 is 1.88 bits per heavy atom. The van der Waals surface area contributed by atoms with Gasteiger partial charge < -0.3 is 4.57 Å². The summed E-state index contributed by atoms with van der Waals surface area (Å²) in [5, 5.41) is 0. The maximum atomic E-state index is 4.82. The first kappa shape index (κ1) is 16.0. The van der Waals surface area contributed by atoms with E-state index in [4.69, 9.17) is 9.97 Å². The summed E-state index contributed by atoms with van der Waals surface area (Å²) in [5.41, 5.74) is 8.56. The molecule has 3 aromatic heterocycles. The zero-order valence-corrected chi connectivity index (χ0v) is 15.5. The molecule has 0 amide bonds. The molecule has 0 N–H and O–H groups in total. The largest absolute Gasteiger partial charge is 0.308 e. The van der Waals surface area contributed by atoms with Gasteiger partial charge in [0.1, 0.15) is 11.3 Å². The van der Waals surface area contributed by atoms with Crippen molar-refractivity contribution in [2.75, 3.05) is 0 Å². The van der Waals surface area contributed by atoms with Crippen LogP contribution in [0.5, 0.6) is 0 Å². The van der Waals surface area contributed by atoms with Crippen molar-refractivity contribution in [2.24, 2.45) is 0 Å². The van der Waals surface area contributed by atoms with Gasteiger partial charge in [0.25, 0.3) is 0 Å². The summed E-state index contributed by atoms with van der Waals surface area (Å²) in [6.07, 6.45) is 2.81. The van der Waals surface area contributed by atoms with Gasteiger partial charge in [-0.2, -0.15) is 0 Å². The molecular weight excluding hydrogens is 328 g/mol. The van der Waals surface area contributed by atoms with Gasteiger partial charge in [-0.15, -0.1) is 11.3 Å². The Kier molecular flexibility index (Phi) is 4.09. The van der Waals surface area contributed by atoms with Crippen LogP contribution in [0.4, 0.5) is 0 Å². The molecule has 1 aromatic carbocycles. The van der Waals surface area contributed by atoms with Gasteiger partial charge >= 0.3 is 0 Å². The average molecular weight is 348 g/mol. The van der Waals surface area contributed by atoms with E-state index in [-0.39, 0.29) is 0 Å². The Morgan fingerprint density at radius 1 is 1.08 bits per heavy atom. The van der Waals surface area contributed by atoms with Crippen molar-refractivity contribution in [2.45, 2.75) is 33.7 Å². The minimum Gasteiger partial charge on any atom is -0.308 e. The molecule has 3 heterocycles. The molecule has 0 aliphatic carbocycles. The molecule has 0 fully saturated rings. The molecular formula is C20H20N4S. The Labute approximate surface area is 151 Å². The zero-order chi connectivity index (χ0) is 17.4. The second-order valence-electron chi connectivity index (χ2n) is 6.28. The molecule has 126 valence electrons. The average Bonchev–Trinajstić information content (AvgIpc) is 3.24. The van der Waals surface area contributed by atoms with Crippen LogP contribution in [-0.2, 0) is 13.0 Å². The minimum atomic E-state index is 0.790. The monoisotopic (exact) mass is 348 g/mol. The van der Waals surface area contributed by atoms with E-state index in [9.17, 15) is 0 Å². The van der Waals surface area contributed by atoms with Gasteiger partial charge in [-0.25, -0.2) is 9.97 Å². The van der Waals surface area contributed by atoms with E-state index in [2.05, 4.69) is 53.7 Å². The van der Waals surface area contributed by atoms with Crippen LogP contribution in [0.25, 0.3) is 21.6 Å². The summed E-state index contributed by atoms with van der Waals surface area (Å²) in [4.78, 5) is 14.9. The molecule has 4 aromatic rings. The van der Waals surface area contributed by atoms with Gasteiger partial charge in [0.05, 0.1) is 16.9 Å². The molecule has 0 spiro atoms. The van der Waals surface area contributed by atoms with E-state index < -0.39 is 0 Å². The number of rotatable bonds is 4. The quantitative estimate of drug-likeness (QED) is 0.533. The number of aryl methyl sites for hydroxylation is 3. The van der Waals surface area contributed by atoms with Crippen LogP contribution < -0.4 is 0 Å². The number of fused-ring (bicyclic) bond motifs is 1. The van der Waals surface area contributed by atoms with Crippen LogP contribution in [-0.4, -0.2) is 19.5 Å². The van der Waals surface area contributed by atoms with E-state index in [1.807, 2.05) is 18.6 Å². The molecule has 4 nitrogen and oxygen atoms in total. The molecule has 0 radical (unpaired) electrons. The van der Waals surface area contributed by atoms with Crippen molar-refractivity contribution in [1.29, 1.82) is 0 Å². The van der Waals surface area contributed by atoms with Crippen LogP contribution in [0, 0.1) is 13.8 Å². The van der Waals surface area contributed by atoms with Gasteiger partial charge in [-0.3, -0.25) is 4.98 Å². The normalized spacial score (nSPS) is 11.3. The van der Waals surface area contributed by atoms with Crippen molar-refractivity contribution in [3.8, 4) is 10.4 Å². The number of hydrogen-bond acceptors (Lipinski definition) is 4. The lowest BCUT2D eigenvalue weighted by molar-refractivity contribution is 0.745. The van der Waals surface area contributed by atoms with Crippen molar-refractivity contribution in [1.82, 2.24) is 19.5 Å². The van der Waals surface area contributed by atoms with Crippen LogP contribution in [0.2, 0.25) is 0 Å². The molecule has 4 rings (SSSR count). The third kappa shape index (κ3) is 2.96. The molecule has 0 aliphatic heterocycles. The van der Waals surface area contributed by atoms with Crippen molar-refractivity contribution in [3.63, 3.8) is 0 Å². The van der Waals surface area contributed by atoms with Gasteiger partial charge in [0.2, 0.25) is 0 Å². The van der Waals surface area contributed by atoms with Gasteiger partial charge in [-0.1, -0.05) is 31.2 Å². The number of thiazole rings is 1. The zero-order valence-electron chi connectivity index (χ0n) is 14.7. The summed E-state index contributed by atoms with van der Waals surface area (Å²) < 4.78 is 2.25. The van der Waals surface area contributed by atoms with Crippen LogP contribution in [0.15, 0.2) is 42.0 Å². The van der Waals surface area contributed by atoms with Crippen LogP contribution in [0.3, 0.4) is 0 Å². The minimum absolute atomic E-state index is 0.790. The van der Waals surface area contributed by atoms with Crippen molar-refractivity contribution in [3.05, 3.63) is 64.7 Å². The number of imidazole rings is 1. The second kappa shape index (κ2) is 6.41. The van der Waals surface area contributed by atoms with Gasteiger partial charge in [0.15, 0.2) is 5.65 Å². The highest BCUT2D eigenvalue weighted by atomic mass is 32.1. The first-order valence-electron chi connectivity index (χ1n) is 8.47. The maximum absolute atomic E-state index is 4.82. The highest BCUT2D eigenvalue weighted by Gasteiger charge is 2.13. The summed E-state index contributed by atoms with van der Waals surface area (Å²) >= 11 is 1.66. The molecule has 5 heteroatoms. The highest BCUT2D eigenvalue weighted by Crippen LogP contribution is 2.25. The van der Waals surface area contributed by atoms with Gasteiger partial charge in [-0.05, 0) is 36.6 Å². The second-order valence-corrected chi connectivity index (χ2v) is 7.17. The van der Waals surface area contributed by atoms with E-state index in [0.29, 0.717) is 0 Å². The Bertz CT molecular complexity index is 1010. The Hall–Kier alpha value is -2.53. The molecule has 0 saturated heterocycles. The van der Waals surface area contributed by atoms with Crippen LogP contribution >= 0.6 is 11.3 Å². The third-order valence-corrected chi connectivity index (χ3v) is 5.25. The summed E-state index contributed by atoms with van der Waals surface area (Å²) in [7, 11) is 0. The molecule has 0 atom stereocenters. The summed E-state index contributed by atoms with van der Waals surface area (Å²) in [5.74, 6) is 1.09. The molecule has 0 aliphatic rings. The van der Waals surface area contributed by atoms with E-state index in [0.717, 1.165) is 35.6 Å².